The van der Waals surface area contributed by atoms with Crippen LogP contribution >= 0.6 is 34.8 Å². The summed E-state index contributed by atoms with van der Waals surface area (Å²) in [5.74, 6) is 0.376. The molecule has 0 saturated carbocycles. The standard InChI is InChI=1S/C15H11Cl3N2O3/c1-22-14-9(6-11(17)7-13(14)18)8-19-23-15(21)20-12-4-2-10(16)3-5-12/h2-8H,1H3,(H,20,21)/b19-8+. The first-order chi connectivity index (χ1) is 11.0. The molecule has 0 aromatic heterocycles. The average molecular weight is 374 g/mol. The van der Waals surface area contributed by atoms with E-state index in [2.05, 4.69) is 10.5 Å². The summed E-state index contributed by atoms with van der Waals surface area (Å²) in [5.41, 5.74) is 1.00. The predicted octanol–water partition coefficient (Wildman–Crippen LogP) is 5.24. The number of oxime groups is 1. The van der Waals surface area contributed by atoms with Crippen molar-refractivity contribution in [2.24, 2.45) is 5.16 Å². The molecule has 2 aromatic rings. The highest BCUT2D eigenvalue weighted by Crippen LogP contribution is 2.31. The first-order valence-corrected chi connectivity index (χ1v) is 7.43. The van der Waals surface area contributed by atoms with Crippen molar-refractivity contribution in [1.29, 1.82) is 0 Å². The second-order valence-electron chi connectivity index (χ2n) is 4.26. The van der Waals surface area contributed by atoms with Crippen molar-refractivity contribution in [2.75, 3.05) is 12.4 Å². The summed E-state index contributed by atoms with van der Waals surface area (Å²) in [6.45, 7) is 0. The van der Waals surface area contributed by atoms with E-state index in [1.807, 2.05) is 0 Å². The Hall–Kier alpha value is -1.95. The van der Waals surface area contributed by atoms with Gasteiger partial charge < -0.3 is 4.74 Å². The van der Waals surface area contributed by atoms with Crippen LogP contribution in [0, 0.1) is 0 Å². The molecule has 0 bridgehead atoms. The topological polar surface area (TPSA) is 59.9 Å². The zero-order valence-corrected chi connectivity index (χ0v) is 14.1. The monoisotopic (exact) mass is 372 g/mol. The number of nitrogens with one attached hydrogen (secondary N) is 1. The number of nitrogens with zero attached hydrogens (tertiary/aromatic N) is 1. The number of carbonyl (C=O) groups is 1. The number of benzene rings is 2. The van der Waals surface area contributed by atoms with E-state index in [-0.39, 0.29) is 0 Å². The molecule has 0 unspecified atom stereocenters. The molecule has 0 spiro atoms. The summed E-state index contributed by atoms with van der Waals surface area (Å²) in [4.78, 5) is 16.3. The van der Waals surface area contributed by atoms with Gasteiger partial charge in [-0.1, -0.05) is 40.0 Å². The van der Waals surface area contributed by atoms with Gasteiger partial charge in [0, 0.05) is 21.3 Å². The van der Waals surface area contributed by atoms with Crippen molar-refractivity contribution in [1.82, 2.24) is 0 Å². The van der Waals surface area contributed by atoms with Gasteiger partial charge in [-0.25, -0.2) is 4.79 Å². The molecule has 0 saturated heterocycles. The van der Waals surface area contributed by atoms with Gasteiger partial charge in [0.2, 0.25) is 0 Å². The fraction of sp³-hybridized carbons (Fsp3) is 0.0667. The molecule has 120 valence electrons. The quantitative estimate of drug-likeness (QED) is 0.453. The molecule has 0 aliphatic carbocycles. The third-order valence-corrected chi connectivity index (χ3v) is 3.41. The van der Waals surface area contributed by atoms with Crippen LogP contribution < -0.4 is 10.1 Å². The highest BCUT2D eigenvalue weighted by molar-refractivity contribution is 6.36. The summed E-state index contributed by atoms with van der Waals surface area (Å²) in [5, 5.41) is 7.37. The van der Waals surface area contributed by atoms with Crippen LogP contribution in [0.3, 0.4) is 0 Å². The lowest BCUT2D eigenvalue weighted by Crippen LogP contribution is -2.10. The second-order valence-corrected chi connectivity index (χ2v) is 5.54. The molecule has 0 heterocycles. The number of hydrogen-bond acceptors (Lipinski definition) is 4. The minimum absolute atomic E-state index is 0.326. The van der Waals surface area contributed by atoms with Crippen molar-refractivity contribution in [3.8, 4) is 5.75 Å². The number of methoxy groups -OCH3 is 1. The number of anilines is 1. The Labute approximate surface area is 147 Å². The van der Waals surface area contributed by atoms with Gasteiger partial charge in [-0.15, -0.1) is 0 Å². The predicted molar refractivity (Wildman–Crippen MR) is 92.2 cm³/mol. The van der Waals surface area contributed by atoms with Gasteiger partial charge in [-0.3, -0.25) is 10.2 Å². The van der Waals surface area contributed by atoms with Crippen molar-refractivity contribution in [2.45, 2.75) is 0 Å². The number of ether oxygens (including phenoxy) is 1. The zero-order valence-electron chi connectivity index (χ0n) is 11.8. The van der Waals surface area contributed by atoms with Gasteiger partial charge in [0.15, 0.2) is 0 Å². The third kappa shape index (κ3) is 5.03. The summed E-state index contributed by atoms with van der Waals surface area (Å²) in [6, 6.07) is 9.66. The van der Waals surface area contributed by atoms with Crippen LogP contribution in [-0.4, -0.2) is 19.4 Å². The Kier molecular flexibility index (Phi) is 6.10. The summed E-state index contributed by atoms with van der Waals surface area (Å²) >= 11 is 17.7. The highest BCUT2D eigenvalue weighted by Gasteiger charge is 2.09. The number of amides is 1. The summed E-state index contributed by atoms with van der Waals surface area (Å²) in [6.07, 6.45) is 0.522. The smallest absolute Gasteiger partial charge is 0.437 e. The lowest BCUT2D eigenvalue weighted by atomic mass is 10.2. The molecule has 8 heteroatoms. The van der Waals surface area contributed by atoms with Gasteiger partial charge >= 0.3 is 6.09 Å². The van der Waals surface area contributed by atoms with Crippen LogP contribution in [0.1, 0.15) is 5.56 Å². The van der Waals surface area contributed by atoms with Gasteiger partial charge in [0.25, 0.3) is 0 Å². The maximum absolute atomic E-state index is 11.6. The third-order valence-electron chi connectivity index (χ3n) is 2.66. The molecule has 5 nitrogen and oxygen atoms in total. The normalized spacial score (nSPS) is 10.6. The van der Waals surface area contributed by atoms with E-state index in [1.165, 1.54) is 19.4 Å². The van der Waals surface area contributed by atoms with Gasteiger partial charge in [0.1, 0.15) is 5.75 Å². The average Bonchev–Trinajstić information content (AvgIpc) is 2.49. The van der Waals surface area contributed by atoms with Gasteiger partial charge in [0.05, 0.1) is 18.3 Å². The Morgan fingerprint density at radius 2 is 1.83 bits per heavy atom. The molecule has 23 heavy (non-hydrogen) atoms. The number of rotatable bonds is 4. The fourth-order valence-corrected chi connectivity index (χ4v) is 2.41. The SMILES string of the molecule is COc1c(Cl)cc(Cl)cc1/C=N/OC(=O)Nc1ccc(Cl)cc1. The molecule has 0 fully saturated rings. The Morgan fingerprint density at radius 3 is 2.48 bits per heavy atom. The molecule has 2 aromatic carbocycles. The highest BCUT2D eigenvalue weighted by atomic mass is 35.5. The molecule has 0 atom stereocenters. The molecule has 1 N–H and O–H groups in total. The summed E-state index contributed by atoms with van der Waals surface area (Å²) < 4.78 is 5.15. The first kappa shape index (κ1) is 17.4. The van der Waals surface area contributed by atoms with Crippen molar-refractivity contribution >= 4 is 52.8 Å². The van der Waals surface area contributed by atoms with Gasteiger partial charge in [-0.2, -0.15) is 0 Å². The van der Waals surface area contributed by atoms with Crippen LogP contribution in [-0.2, 0) is 4.84 Å². The van der Waals surface area contributed by atoms with E-state index in [1.54, 1.807) is 30.3 Å². The number of hydrogen-bond donors (Lipinski definition) is 1. The lowest BCUT2D eigenvalue weighted by Gasteiger charge is -2.07. The Balaban J connectivity index is 2.01. The van der Waals surface area contributed by atoms with E-state index >= 15 is 0 Å². The molecule has 0 aliphatic heterocycles. The number of halogens is 3. The Morgan fingerprint density at radius 1 is 1.13 bits per heavy atom. The zero-order chi connectivity index (χ0) is 16.8. The Bertz CT molecular complexity index is 733. The fourth-order valence-electron chi connectivity index (χ4n) is 1.70. The molecule has 2 rings (SSSR count). The van der Waals surface area contributed by atoms with Crippen molar-refractivity contribution < 1.29 is 14.4 Å². The van der Waals surface area contributed by atoms with E-state index in [4.69, 9.17) is 44.4 Å². The van der Waals surface area contributed by atoms with E-state index < -0.39 is 6.09 Å². The maximum atomic E-state index is 11.6. The molecule has 1 amide bonds. The van der Waals surface area contributed by atoms with Crippen molar-refractivity contribution in [3.63, 3.8) is 0 Å². The molecular weight excluding hydrogens is 363 g/mol. The van der Waals surface area contributed by atoms with E-state index in [0.717, 1.165) is 0 Å². The minimum Gasteiger partial charge on any atom is -0.495 e. The number of carbonyl (C=O) groups excluding carboxylic acids is 1. The van der Waals surface area contributed by atoms with Crippen LogP contribution in [0.4, 0.5) is 10.5 Å². The van der Waals surface area contributed by atoms with Crippen LogP contribution in [0.5, 0.6) is 5.75 Å². The van der Waals surface area contributed by atoms with Crippen LogP contribution in [0.2, 0.25) is 15.1 Å². The van der Waals surface area contributed by atoms with E-state index in [0.29, 0.717) is 32.1 Å². The lowest BCUT2D eigenvalue weighted by molar-refractivity contribution is 0.167. The maximum Gasteiger partial charge on any atom is 0.437 e. The van der Waals surface area contributed by atoms with Gasteiger partial charge in [-0.05, 0) is 36.4 Å². The van der Waals surface area contributed by atoms with E-state index in [9.17, 15) is 4.79 Å². The molecule has 0 radical (unpaired) electrons. The van der Waals surface area contributed by atoms with Crippen LogP contribution in [0.15, 0.2) is 41.6 Å². The molecular formula is C15H11Cl3N2O3. The first-order valence-electron chi connectivity index (χ1n) is 6.29. The molecule has 0 aliphatic rings. The van der Waals surface area contributed by atoms with Crippen molar-refractivity contribution in [3.05, 3.63) is 57.0 Å². The summed E-state index contributed by atoms with van der Waals surface area (Å²) in [7, 11) is 1.46. The van der Waals surface area contributed by atoms with Crippen LogP contribution in [0.25, 0.3) is 0 Å². The minimum atomic E-state index is -0.754. The largest absolute Gasteiger partial charge is 0.495 e. The second kappa shape index (κ2) is 8.06.